The van der Waals surface area contributed by atoms with Gasteiger partial charge >= 0.3 is 0 Å². The lowest BCUT2D eigenvalue weighted by molar-refractivity contribution is -0.114. The smallest absolute Gasteiger partial charge is 0.258 e. The molecule has 114 valence electrons. The first-order valence-electron chi connectivity index (χ1n) is 6.20. The van der Waals surface area contributed by atoms with E-state index in [9.17, 15) is 22.8 Å². The number of hydrogen-bond acceptors (Lipinski definition) is 2. The SMILES string of the molecule is CC(=O)Nc1ccc(F)c(NC(=O)c2cc(F)ccc2F)c1. The number of halogens is 3. The standard InChI is InChI=1S/C15H11F3N2O2/c1-8(21)19-10-3-5-13(18)14(7-10)20-15(22)11-6-9(16)2-4-12(11)17/h2-7H,1H3,(H,19,21)(H,20,22). The molecule has 0 aliphatic heterocycles. The van der Waals surface area contributed by atoms with Crippen LogP contribution in [0.3, 0.4) is 0 Å². The number of benzene rings is 2. The van der Waals surface area contributed by atoms with Crippen molar-refractivity contribution in [3.8, 4) is 0 Å². The monoisotopic (exact) mass is 308 g/mol. The average Bonchev–Trinajstić information content (AvgIpc) is 2.44. The zero-order chi connectivity index (χ0) is 16.3. The van der Waals surface area contributed by atoms with Gasteiger partial charge in [0.2, 0.25) is 5.91 Å². The van der Waals surface area contributed by atoms with E-state index >= 15 is 0 Å². The Morgan fingerprint density at radius 3 is 2.27 bits per heavy atom. The maximum absolute atomic E-state index is 13.7. The normalized spacial score (nSPS) is 10.2. The van der Waals surface area contributed by atoms with E-state index in [0.717, 1.165) is 18.2 Å². The van der Waals surface area contributed by atoms with Gasteiger partial charge < -0.3 is 10.6 Å². The van der Waals surface area contributed by atoms with Gasteiger partial charge in [0.05, 0.1) is 11.3 Å². The van der Waals surface area contributed by atoms with Gasteiger partial charge in [0.15, 0.2) is 0 Å². The summed E-state index contributed by atoms with van der Waals surface area (Å²) in [6.45, 7) is 1.27. The molecule has 2 aromatic carbocycles. The lowest BCUT2D eigenvalue weighted by Crippen LogP contribution is -2.15. The summed E-state index contributed by atoms with van der Waals surface area (Å²) in [6, 6.07) is 5.88. The molecular formula is C15H11F3N2O2. The lowest BCUT2D eigenvalue weighted by Gasteiger charge is -2.09. The maximum atomic E-state index is 13.7. The third-order valence-electron chi connectivity index (χ3n) is 2.71. The van der Waals surface area contributed by atoms with Crippen molar-refractivity contribution in [2.24, 2.45) is 0 Å². The summed E-state index contributed by atoms with van der Waals surface area (Å²) >= 11 is 0. The molecule has 0 saturated carbocycles. The van der Waals surface area contributed by atoms with Crippen LogP contribution in [0.5, 0.6) is 0 Å². The van der Waals surface area contributed by atoms with Crippen LogP contribution in [0.1, 0.15) is 17.3 Å². The molecule has 0 spiro atoms. The zero-order valence-electron chi connectivity index (χ0n) is 11.4. The van der Waals surface area contributed by atoms with E-state index in [4.69, 9.17) is 0 Å². The number of rotatable bonds is 3. The molecule has 4 nitrogen and oxygen atoms in total. The molecule has 22 heavy (non-hydrogen) atoms. The average molecular weight is 308 g/mol. The molecule has 0 aromatic heterocycles. The maximum Gasteiger partial charge on any atom is 0.258 e. The van der Waals surface area contributed by atoms with Gasteiger partial charge in [0.1, 0.15) is 17.5 Å². The molecular weight excluding hydrogens is 297 g/mol. The molecule has 2 aromatic rings. The molecule has 2 amide bonds. The highest BCUT2D eigenvalue weighted by Gasteiger charge is 2.15. The largest absolute Gasteiger partial charge is 0.326 e. The number of anilines is 2. The Bertz CT molecular complexity index is 748. The minimum atomic E-state index is -1.00. The van der Waals surface area contributed by atoms with Gasteiger partial charge in [0.25, 0.3) is 5.91 Å². The molecule has 7 heteroatoms. The fourth-order valence-electron chi connectivity index (χ4n) is 1.76. The lowest BCUT2D eigenvalue weighted by atomic mass is 10.2. The highest BCUT2D eigenvalue weighted by atomic mass is 19.1. The third-order valence-corrected chi connectivity index (χ3v) is 2.71. The van der Waals surface area contributed by atoms with Gasteiger partial charge in [-0.3, -0.25) is 9.59 Å². The minimum absolute atomic E-state index is 0.254. The van der Waals surface area contributed by atoms with Crippen molar-refractivity contribution in [3.63, 3.8) is 0 Å². The van der Waals surface area contributed by atoms with Crippen LogP contribution in [0.2, 0.25) is 0 Å². The molecule has 0 bridgehead atoms. The van der Waals surface area contributed by atoms with Crippen LogP contribution in [0.25, 0.3) is 0 Å². The molecule has 0 radical (unpaired) electrons. The van der Waals surface area contributed by atoms with Gasteiger partial charge in [-0.2, -0.15) is 0 Å². The number of nitrogens with one attached hydrogen (secondary N) is 2. The summed E-state index contributed by atoms with van der Waals surface area (Å²) in [5.74, 6) is -3.88. The van der Waals surface area contributed by atoms with E-state index in [2.05, 4.69) is 10.6 Å². The second-order valence-corrected chi connectivity index (χ2v) is 4.45. The summed E-state index contributed by atoms with van der Waals surface area (Å²) in [4.78, 5) is 22.9. The Balaban J connectivity index is 2.27. The Morgan fingerprint density at radius 2 is 1.59 bits per heavy atom. The molecule has 2 N–H and O–H groups in total. The van der Waals surface area contributed by atoms with E-state index in [1.165, 1.54) is 19.1 Å². The molecule has 2 rings (SSSR count). The summed E-state index contributed by atoms with van der Waals surface area (Å²) in [5.41, 5.74) is -0.562. The Labute approximate surface area is 124 Å². The Morgan fingerprint density at radius 1 is 0.909 bits per heavy atom. The quantitative estimate of drug-likeness (QED) is 0.914. The first-order chi connectivity index (χ1) is 10.4. The fourth-order valence-corrected chi connectivity index (χ4v) is 1.76. The van der Waals surface area contributed by atoms with Gasteiger partial charge in [-0.15, -0.1) is 0 Å². The number of amides is 2. The van der Waals surface area contributed by atoms with E-state index in [-0.39, 0.29) is 17.3 Å². The Kier molecular flexibility index (Phi) is 4.45. The molecule has 0 atom stereocenters. The van der Waals surface area contributed by atoms with Crippen molar-refractivity contribution in [1.82, 2.24) is 0 Å². The second-order valence-electron chi connectivity index (χ2n) is 4.45. The molecule has 0 saturated heterocycles. The van der Waals surface area contributed by atoms with E-state index in [0.29, 0.717) is 6.07 Å². The molecule has 0 aliphatic rings. The minimum Gasteiger partial charge on any atom is -0.326 e. The van der Waals surface area contributed by atoms with Crippen molar-refractivity contribution in [2.45, 2.75) is 6.92 Å². The van der Waals surface area contributed by atoms with Crippen LogP contribution >= 0.6 is 0 Å². The van der Waals surface area contributed by atoms with Crippen molar-refractivity contribution >= 4 is 23.2 Å². The van der Waals surface area contributed by atoms with Gasteiger partial charge in [-0.05, 0) is 36.4 Å². The first-order valence-corrected chi connectivity index (χ1v) is 6.20. The summed E-state index contributed by atoms with van der Waals surface area (Å²) in [7, 11) is 0. The summed E-state index contributed by atoms with van der Waals surface area (Å²) in [5, 5.41) is 4.55. The van der Waals surface area contributed by atoms with Crippen LogP contribution in [-0.4, -0.2) is 11.8 Å². The van der Waals surface area contributed by atoms with E-state index in [1.54, 1.807) is 0 Å². The van der Waals surface area contributed by atoms with Crippen LogP contribution in [0.15, 0.2) is 36.4 Å². The van der Waals surface area contributed by atoms with Crippen LogP contribution < -0.4 is 10.6 Å². The van der Waals surface area contributed by atoms with Crippen molar-refractivity contribution < 1.29 is 22.8 Å². The predicted molar refractivity (Wildman–Crippen MR) is 75.0 cm³/mol. The van der Waals surface area contributed by atoms with Gasteiger partial charge in [0, 0.05) is 12.6 Å². The van der Waals surface area contributed by atoms with Crippen molar-refractivity contribution in [2.75, 3.05) is 10.6 Å². The van der Waals surface area contributed by atoms with Crippen molar-refractivity contribution in [3.05, 3.63) is 59.4 Å². The number of carbonyl (C=O) groups is 2. The van der Waals surface area contributed by atoms with Crippen LogP contribution in [-0.2, 0) is 4.79 Å². The Hall–Kier alpha value is -2.83. The van der Waals surface area contributed by atoms with Gasteiger partial charge in [-0.1, -0.05) is 0 Å². The molecule has 0 aliphatic carbocycles. The fraction of sp³-hybridized carbons (Fsp3) is 0.0667. The number of carbonyl (C=O) groups excluding carboxylic acids is 2. The second kappa shape index (κ2) is 6.30. The molecule has 0 heterocycles. The summed E-state index contributed by atoms with van der Waals surface area (Å²) in [6.07, 6.45) is 0. The molecule has 0 fully saturated rings. The highest BCUT2D eigenvalue weighted by Crippen LogP contribution is 2.21. The van der Waals surface area contributed by atoms with Crippen LogP contribution in [0.4, 0.5) is 24.5 Å². The zero-order valence-corrected chi connectivity index (χ0v) is 11.4. The summed E-state index contributed by atoms with van der Waals surface area (Å²) < 4.78 is 40.2. The highest BCUT2D eigenvalue weighted by molar-refractivity contribution is 6.05. The third kappa shape index (κ3) is 3.63. The van der Waals surface area contributed by atoms with Crippen molar-refractivity contribution in [1.29, 1.82) is 0 Å². The predicted octanol–water partition coefficient (Wildman–Crippen LogP) is 3.31. The van der Waals surface area contributed by atoms with Gasteiger partial charge in [-0.25, -0.2) is 13.2 Å². The van der Waals surface area contributed by atoms with Crippen LogP contribution in [0, 0.1) is 17.5 Å². The number of hydrogen-bond donors (Lipinski definition) is 2. The molecule has 0 unspecified atom stereocenters. The topological polar surface area (TPSA) is 58.2 Å². The van der Waals surface area contributed by atoms with E-state index in [1.807, 2.05) is 0 Å². The first kappa shape index (κ1) is 15.6. The van der Waals surface area contributed by atoms with E-state index < -0.39 is 28.9 Å².